The van der Waals surface area contributed by atoms with E-state index >= 15 is 0 Å². The third-order valence-electron chi connectivity index (χ3n) is 2.50. The van der Waals surface area contributed by atoms with Crippen molar-refractivity contribution in [2.24, 2.45) is 11.3 Å². The molecule has 0 aromatic heterocycles. The molecule has 11 heavy (non-hydrogen) atoms. The molecule has 0 saturated carbocycles. The van der Waals surface area contributed by atoms with Gasteiger partial charge in [0, 0.05) is 20.2 Å². The second-order valence-electron chi connectivity index (χ2n) is 3.78. The Morgan fingerprint density at radius 2 is 2.00 bits per heavy atom. The van der Waals surface area contributed by atoms with Crippen LogP contribution in [-0.2, 0) is 4.74 Å². The van der Waals surface area contributed by atoms with Gasteiger partial charge in [0.2, 0.25) is 0 Å². The topological polar surface area (TPSA) is 38.5 Å². The Balaban J connectivity index is 2.35. The summed E-state index contributed by atoms with van der Waals surface area (Å²) >= 11 is 0. The van der Waals surface area contributed by atoms with E-state index in [1.807, 2.05) is 5.01 Å². The first-order valence-electron chi connectivity index (χ1n) is 4.15. The fourth-order valence-electron chi connectivity index (χ4n) is 1.56. The number of hydrogen-bond donors (Lipinski definition) is 1. The van der Waals surface area contributed by atoms with Crippen molar-refractivity contribution in [3.05, 3.63) is 0 Å². The van der Waals surface area contributed by atoms with Gasteiger partial charge in [0.25, 0.3) is 0 Å². The van der Waals surface area contributed by atoms with Crippen molar-refractivity contribution in [2.75, 3.05) is 26.8 Å². The minimum Gasteiger partial charge on any atom is -0.384 e. The molecule has 0 atom stereocenters. The first-order valence-corrected chi connectivity index (χ1v) is 4.15. The summed E-state index contributed by atoms with van der Waals surface area (Å²) < 4.78 is 5.16. The van der Waals surface area contributed by atoms with Crippen molar-refractivity contribution in [2.45, 2.75) is 19.8 Å². The highest BCUT2D eigenvalue weighted by Crippen LogP contribution is 2.29. The van der Waals surface area contributed by atoms with Crippen LogP contribution in [0.15, 0.2) is 0 Å². The van der Waals surface area contributed by atoms with E-state index in [1.54, 1.807) is 7.11 Å². The normalized spacial score (nSPS) is 25.4. The first-order chi connectivity index (χ1) is 5.16. The lowest BCUT2D eigenvalue weighted by Crippen LogP contribution is -2.44. The minimum atomic E-state index is 0.366. The largest absolute Gasteiger partial charge is 0.384 e. The molecule has 0 unspecified atom stereocenters. The second-order valence-corrected chi connectivity index (χ2v) is 3.78. The third kappa shape index (κ3) is 2.43. The molecule has 0 amide bonds. The number of nitrogens with two attached hydrogens (primary N) is 1. The van der Waals surface area contributed by atoms with E-state index in [2.05, 4.69) is 6.92 Å². The Hall–Kier alpha value is -0.120. The molecule has 1 aliphatic rings. The molecule has 3 heteroatoms. The summed E-state index contributed by atoms with van der Waals surface area (Å²) in [5.41, 5.74) is 0.366. The predicted molar refractivity (Wildman–Crippen MR) is 45.0 cm³/mol. The Kier molecular flexibility index (Phi) is 2.87. The zero-order valence-electron chi connectivity index (χ0n) is 7.47. The van der Waals surface area contributed by atoms with Crippen LogP contribution in [0.25, 0.3) is 0 Å². The number of ether oxygens (including phenoxy) is 1. The van der Waals surface area contributed by atoms with Gasteiger partial charge in [-0.05, 0) is 18.3 Å². The first kappa shape index (κ1) is 8.97. The van der Waals surface area contributed by atoms with E-state index < -0.39 is 0 Å². The van der Waals surface area contributed by atoms with Crippen molar-refractivity contribution in [3.8, 4) is 0 Å². The molecule has 2 N–H and O–H groups in total. The van der Waals surface area contributed by atoms with Crippen LogP contribution in [0.3, 0.4) is 0 Å². The van der Waals surface area contributed by atoms with Gasteiger partial charge in [-0.3, -0.25) is 5.84 Å². The highest BCUT2D eigenvalue weighted by atomic mass is 16.5. The Morgan fingerprint density at radius 3 is 2.45 bits per heavy atom. The maximum absolute atomic E-state index is 5.64. The molecule has 3 nitrogen and oxygen atoms in total. The quantitative estimate of drug-likeness (QED) is 0.598. The van der Waals surface area contributed by atoms with Crippen molar-refractivity contribution in [1.29, 1.82) is 0 Å². The van der Waals surface area contributed by atoms with Gasteiger partial charge in [0.05, 0.1) is 6.61 Å². The molecule has 0 aromatic rings. The Morgan fingerprint density at radius 1 is 1.45 bits per heavy atom. The van der Waals surface area contributed by atoms with E-state index in [4.69, 9.17) is 10.6 Å². The standard InChI is InChI=1S/C8H18N2O/c1-8(7-11-2)3-5-10(9)6-4-8/h3-7,9H2,1-2H3. The zero-order chi connectivity index (χ0) is 8.32. The van der Waals surface area contributed by atoms with Gasteiger partial charge in [-0.15, -0.1) is 0 Å². The maximum Gasteiger partial charge on any atom is 0.0516 e. The number of hydrogen-bond acceptors (Lipinski definition) is 3. The van der Waals surface area contributed by atoms with Crippen LogP contribution in [-0.4, -0.2) is 31.8 Å². The predicted octanol–water partition coefficient (Wildman–Crippen LogP) is 0.609. The molecule has 66 valence electrons. The SMILES string of the molecule is COCC1(C)CCN(N)CC1. The van der Waals surface area contributed by atoms with Gasteiger partial charge in [-0.2, -0.15) is 0 Å². The van der Waals surface area contributed by atoms with Crippen LogP contribution in [0.5, 0.6) is 0 Å². The van der Waals surface area contributed by atoms with E-state index in [-0.39, 0.29) is 0 Å². The summed E-state index contributed by atoms with van der Waals surface area (Å²) in [4.78, 5) is 0. The van der Waals surface area contributed by atoms with Crippen molar-refractivity contribution < 1.29 is 4.74 Å². The fraction of sp³-hybridized carbons (Fsp3) is 1.00. The monoisotopic (exact) mass is 158 g/mol. The molecular formula is C8H18N2O. The van der Waals surface area contributed by atoms with E-state index in [0.717, 1.165) is 32.5 Å². The van der Waals surface area contributed by atoms with Crippen molar-refractivity contribution >= 4 is 0 Å². The smallest absolute Gasteiger partial charge is 0.0516 e. The van der Waals surface area contributed by atoms with Gasteiger partial charge in [-0.1, -0.05) is 6.92 Å². The van der Waals surface area contributed by atoms with Crippen LogP contribution < -0.4 is 5.84 Å². The molecule has 0 bridgehead atoms. The van der Waals surface area contributed by atoms with E-state index in [0.29, 0.717) is 5.41 Å². The van der Waals surface area contributed by atoms with Crippen LogP contribution in [0, 0.1) is 5.41 Å². The van der Waals surface area contributed by atoms with Gasteiger partial charge in [0.15, 0.2) is 0 Å². The number of piperidine rings is 1. The number of methoxy groups -OCH3 is 1. The summed E-state index contributed by atoms with van der Waals surface area (Å²) in [5.74, 6) is 5.64. The van der Waals surface area contributed by atoms with Crippen LogP contribution >= 0.6 is 0 Å². The molecule has 0 aliphatic carbocycles. The average Bonchev–Trinajstić information content (AvgIpc) is 1.97. The Bertz CT molecular complexity index is 119. The molecule has 1 heterocycles. The van der Waals surface area contributed by atoms with Gasteiger partial charge in [0.1, 0.15) is 0 Å². The zero-order valence-corrected chi connectivity index (χ0v) is 7.47. The number of nitrogens with zero attached hydrogens (tertiary/aromatic N) is 1. The molecule has 0 radical (unpaired) electrons. The third-order valence-corrected chi connectivity index (χ3v) is 2.50. The highest BCUT2D eigenvalue weighted by molar-refractivity contribution is 4.80. The Labute approximate surface area is 68.5 Å². The molecule has 0 aromatic carbocycles. The van der Waals surface area contributed by atoms with Gasteiger partial charge >= 0.3 is 0 Å². The van der Waals surface area contributed by atoms with Crippen LogP contribution in [0.4, 0.5) is 0 Å². The van der Waals surface area contributed by atoms with Crippen molar-refractivity contribution in [3.63, 3.8) is 0 Å². The second kappa shape index (κ2) is 3.52. The molecule has 1 aliphatic heterocycles. The summed E-state index contributed by atoms with van der Waals surface area (Å²) in [6.07, 6.45) is 2.30. The molecule has 0 spiro atoms. The van der Waals surface area contributed by atoms with E-state index in [9.17, 15) is 0 Å². The lowest BCUT2D eigenvalue weighted by atomic mass is 9.82. The summed E-state index contributed by atoms with van der Waals surface area (Å²) in [5, 5.41) is 1.89. The molecule has 1 saturated heterocycles. The molecule has 1 rings (SSSR count). The van der Waals surface area contributed by atoms with Crippen LogP contribution in [0.2, 0.25) is 0 Å². The average molecular weight is 158 g/mol. The summed E-state index contributed by atoms with van der Waals surface area (Å²) in [6.45, 7) is 5.13. The summed E-state index contributed by atoms with van der Waals surface area (Å²) in [6, 6.07) is 0. The van der Waals surface area contributed by atoms with Crippen molar-refractivity contribution in [1.82, 2.24) is 5.01 Å². The lowest BCUT2D eigenvalue weighted by molar-refractivity contribution is 0.0344. The van der Waals surface area contributed by atoms with E-state index in [1.165, 1.54) is 0 Å². The summed E-state index contributed by atoms with van der Waals surface area (Å²) in [7, 11) is 1.76. The number of hydrazine groups is 1. The van der Waals surface area contributed by atoms with Gasteiger partial charge in [-0.25, -0.2) is 5.01 Å². The lowest BCUT2D eigenvalue weighted by Gasteiger charge is -2.36. The molecular weight excluding hydrogens is 140 g/mol. The van der Waals surface area contributed by atoms with Gasteiger partial charge < -0.3 is 4.74 Å². The minimum absolute atomic E-state index is 0.366. The fourth-order valence-corrected chi connectivity index (χ4v) is 1.56. The highest BCUT2D eigenvalue weighted by Gasteiger charge is 2.28. The molecule has 1 fully saturated rings. The van der Waals surface area contributed by atoms with Crippen LogP contribution in [0.1, 0.15) is 19.8 Å². The number of rotatable bonds is 2. The maximum atomic E-state index is 5.64.